The molecule has 1 aromatic heterocycles. The van der Waals surface area contributed by atoms with Crippen LogP contribution in [-0.4, -0.2) is 50.1 Å². The SMILES string of the molecule is COCCN(C(C)C)S(=O)(=O)c1c(C)oc(C)c1C(=O)O. The van der Waals surface area contributed by atoms with Gasteiger partial charge in [-0.2, -0.15) is 4.31 Å². The Kier molecular flexibility index (Phi) is 5.54. The summed E-state index contributed by atoms with van der Waals surface area (Å²) >= 11 is 0. The molecule has 1 N–H and O–H groups in total. The number of hydrogen-bond acceptors (Lipinski definition) is 5. The minimum atomic E-state index is -3.98. The van der Waals surface area contributed by atoms with Gasteiger partial charge in [-0.1, -0.05) is 0 Å². The molecule has 1 heterocycles. The number of carboxylic acid groups (broad SMARTS) is 1. The second-order valence-electron chi connectivity index (χ2n) is 4.93. The largest absolute Gasteiger partial charge is 0.478 e. The second kappa shape index (κ2) is 6.59. The second-order valence-corrected chi connectivity index (χ2v) is 6.75. The first-order valence-corrected chi connectivity index (χ1v) is 7.92. The lowest BCUT2D eigenvalue weighted by Gasteiger charge is -2.25. The van der Waals surface area contributed by atoms with Crippen molar-refractivity contribution in [2.75, 3.05) is 20.3 Å². The third-order valence-corrected chi connectivity index (χ3v) is 5.31. The number of rotatable bonds is 7. The van der Waals surface area contributed by atoms with E-state index >= 15 is 0 Å². The zero-order valence-electron chi connectivity index (χ0n) is 12.8. The van der Waals surface area contributed by atoms with E-state index in [1.165, 1.54) is 25.3 Å². The van der Waals surface area contributed by atoms with Crippen LogP contribution in [0.1, 0.15) is 35.7 Å². The highest BCUT2D eigenvalue weighted by Gasteiger charge is 2.36. The molecule has 120 valence electrons. The van der Waals surface area contributed by atoms with Crippen molar-refractivity contribution in [2.45, 2.75) is 38.6 Å². The van der Waals surface area contributed by atoms with Gasteiger partial charge in [0.1, 0.15) is 22.0 Å². The number of carboxylic acids is 1. The number of furan rings is 1. The molecule has 1 rings (SSSR count). The summed E-state index contributed by atoms with van der Waals surface area (Å²) in [7, 11) is -2.51. The minimum Gasteiger partial charge on any atom is -0.478 e. The normalized spacial score (nSPS) is 12.3. The van der Waals surface area contributed by atoms with Crippen molar-refractivity contribution < 1.29 is 27.5 Å². The molecule has 0 aromatic carbocycles. The van der Waals surface area contributed by atoms with E-state index in [4.69, 9.17) is 9.15 Å². The molecule has 7 nitrogen and oxygen atoms in total. The highest BCUT2D eigenvalue weighted by molar-refractivity contribution is 7.89. The van der Waals surface area contributed by atoms with Crippen LogP contribution in [0.3, 0.4) is 0 Å². The number of carbonyl (C=O) groups is 1. The quantitative estimate of drug-likeness (QED) is 0.820. The van der Waals surface area contributed by atoms with Crippen molar-refractivity contribution in [3.63, 3.8) is 0 Å². The van der Waals surface area contributed by atoms with Crippen LogP contribution < -0.4 is 0 Å². The Morgan fingerprint density at radius 1 is 1.33 bits per heavy atom. The predicted molar refractivity (Wildman–Crippen MR) is 76.0 cm³/mol. The first kappa shape index (κ1) is 17.7. The molecule has 0 aliphatic heterocycles. The molecule has 0 aliphatic carbocycles. The Hall–Kier alpha value is -1.38. The maximum Gasteiger partial charge on any atom is 0.340 e. The standard InChI is InChI=1S/C13H21NO6S/c1-8(2)14(6-7-19-5)21(17,18)12-10(4)20-9(3)11(12)13(15)16/h8H,6-7H2,1-5H3,(H,15,16). The topological polar surface area (TPSA) is 97.0 Å². The molecule has 0 atom stereocenters. The van der Waals surface area contributed by atoms with Gasteiger partial charge in [-0.25, -0.2) is 13.2 Å². The van der Waals surface area contributed by atoms with Gasteiger partial charge in [-0.15, -0.1) is 0 Å². The first-order chi connectivity index (χ1) is 9.64. The minimum absolute atomic E-state index is 0.0768. The van der Waals surface area contributed by atoms with Gasteiger partial charge in [0.2, 0.25) is 10.0 Å². The van der Waals surface area contributed by atoms with Crippen LogP contribution in [-0.2, 0) is 14.8 Å². The summed E-state index contributed by atoms with van der Waals surface area (Å²) in [4.78, 5) is 11.1. The Morgan fingerprint density at radius 3 is 2.33 bits per heavy atom. The van der Waals surface area contributed by atoms with E-state index in [-0.39, 0.29) is 41.2 Å². The van der Waals surface area contributed by atoms with Crippen molar-refractivity contribution in [3.8, 4) is 0 Å². The van der Waals surface area contributed by atoms with Gasteiger partial charge in [0.25, 0.3) is 0 Å². The number of aryl methyl sites for hydroxylation is 2. The molecule has 1 aromatic rings. The van der Waals surface area contributed by atoms with Gasteiger partial charge in [0.05, 0.1) is 6.61 Å². The van der Waals surface area contributed by atoms with E-state index in [0.717, 1.165) is 0 Å². The highest BCUT2D eigenvalue weighted by atomic mass is 32.2. The smallest absolute Gasteiger partial charge is 0.340 e. The average Bonchev–Trinajstić information content (AvgIpc) is 2.64. The van der Waals surface area contributed by atoms with E-state index in [2.05, 4.69) is 0 Å². The van der Waals surface area contributed by atoms with Crippen molar-refractivity contribution in [3.05, 3.63) is 17.1 Å². The number of sulfonamides is 1. The zero-order valence-corrected chi connectivity index (χ0v) is 13.7. The molecular weight excluding hydrogens is 298 g/mol. The number of nitrogens with zero attached hydrogens (tertiary/aromatic N) is 1. The molecule has 0 unspecified atom stereocenters. The van der Waals surface area contributed by atoms with Crippen molar-refractivity contribution >= 4 is 16.0 Å². The fourth-order valence-electron chi connectivity index (χ4n) is 2.18. The lowest BCUT2D eigenvalue weighted by molar-refractivity contribution is 0.0691. The fraction of sp³-hybridized carbons (Fsp3) is 0.615. The first-order valence-electron chi connectivity index (χ1n) is 6.48. The Labute approximate surface area is 124 Å². The lowest BCUT2D eigenvalue weighted by atomic mass is 10.2. The van der Waals surface area contributed by atoms with Gasteiger partial charge in [-0.3, -0.25) is 0 Å². The number of ether oxygens (including phenoxy) is 1. The monoisotopic (exact) mass is 319 g/mol. The third-order valence-electron chi connectivity index (χ3n) is 3.08. The average molecular weight is 319 g/mol. The molecule has 0 amide bonds. The number of hydrogen-bond donors (Lipinski definition) is 1. The maximum atomic E-state index is 12.8. The zero-order chi connectivity index (χ0) is 16.4. The Morgan fingerprint density at radius 2 is 1.90 bits per heavy atom. The summed E-state index contributed by atoms with van der Waals surface area (Å²) in [5.41, 5.74) is -0.310. The Bertz CT molecular complexity index is 617. The summed E-state index contributed by atoms with van der Waals surface area (Å²) in [6.07, 6.45) is 0. The summed E-state index contributed by atoms with van der Waals surface area (Å²) in [5, 5.41) is 9.25. The molecule has 8 heteroatoms. The molecular formula is C13H21NO6S. The van der Waals surface area contributed by atoms with Gasteiger partial charge >= 0.3 is 5.97 Å². The maximum absolute atomic E-state index is 12.8. The Balaban J connectivity index is 3.45. The third kappa shape index (κ3) is 3.45. The van der Waals surface area contributed by atoms with Crippen molar-refractivity contribution in [1.29, 1.82) is 0 Å². The van der Waals surface area contributed by atoms with E-state index < -0.39 is 16.0 Å². The molecule has 21 heavy (non-hydrogen) atoms. The summed E-state index contributed by atoms with van der Waals surface area (Å²) in [6, 6.07) is -0.332. The molecule has 0 aliphatic rings. The van der Waals surface area contributed by atoms with E-state index in [0.29, 0.717) is 0 Å². The molecule has 0 spiro atoms. The van der Waals surface area contributed by atoms with Crippen LogP contribution in [0.2, 0.25) is 0 Å². The molecule has 0 fully saturated rings. The van der Waals surface area contributed by atoms with Crippen molar-refractivity contribution in [2.24, 2.45) is 0 Å². The molecule has 0 saturated carbocycles. The van der Waals surface area contributed by atoms with Crippen molar-refractivity contribution in [1.82, 2.24) is 4.31 Å². The fourth-order valence-corrected chi connectivity index (χ4v) is 4.17. The summed E-state index contributed by atoms with van der Waals surface area (Å²) in [5.74, 6) is -1.17. The lowest BCUT2D eigenvalue weighted by Crippen LogP contribution is -2.39. The van der Waals surface area contributed by atoms with Crippen LogP contribution in [0.5, 0.6) is 0 Å². The van der Waals surface area contributed by atoms with E-state index in [1.54, 1.807) is 13.8 Å². The van der Waals surface area contributed by atoms with Crippen LogP contribution >= 0.6 is 0 Å². The molecule has 0 radical (unpaired) electrons. The van der Waals surface area contributed by atoms with Crippen LogP contribution in [0.25, 0.3) is 0 Å². The van der Waals surface area contributed by atoms with Gasteiger partial charge in [0, 0.05) is 19.7 Å². The van der Waals surface area contributed by atoms with Gasteiger partial charge < -0.3 is 14.3 Å². The van der Waals surface area contributed by atoms with E-state index in [9.17, 15) is 18.3 Å². The van der Waals surface area contributed by atoms with Crippen LogP contribution in [0.15, 0.2) is 9.31 Å². The number of aromatic carboxylic acids is 1. The van der Waals surface area contributed by atoms with Crippen LogP contribution in [0.4, 0.5) is 0 Å². The summed E-state index contributed by atoms with van der Waals surface area (Å²) < 4.78 is 36.9. The number of methoxy groups -OCH3 is 1. The summed E-state index contributed by atoms with van der Waals surface area (Å²) in [6.45, 7) is 6.67. The van der Waals surface area contributed by atoms with Gasteiger partial charge in [0.15, 0.2) is 0 Å². The van der Waals surface area contributed by atoms with Crippen LogP contribution in [0, 0.1) is 13.8 Å². The van der Waals surface area contributed by atoms with Gasteiger partial charge in [-0.05, 0) is 27.7 Å². The highest BCUT2D eigenvalue weighted by Crippen LogP contribution is 2.30. The predicted octanol–water partition coefficient (Wildman–Crippen LogP) is 1.64. The molecule has 0 bridgehead atoms. The van der Waals surface area contributed by atoms with E-state index in [1.807, 2.05) is 0 Å². The molecule has 0 saturated heterocycles.